The van der Waals surface area contributed by atoms with Crippen molar-refractivity contribution in [2.45, 2.75) is 178 Å². The average Bonchev–Trinajstić information content (AvgIpc) is 0.752. The van der Waals surface area contributed by atoms with E-state index >= 15 is 0 Å². The Balaban J connectivity index is 0.000000294. The summed E-state index contributed by atoms with van der Waals surface area (Å²) in [5.74, 6) is 2.98. The van der Waals surface area contributed by atoms with Crippen LogP contribution in [0.4, 0.5) is 0 Å². The van der Waals surface area contributed by atoms with Crippen molar-refractivity contribution in [1.82, 2.24) is 19.9 Å². The molecular formula is C103H118Ir3N4O4-4. The standard InChI is InChI=1S/C27H26N.C21H22N.C21H20N.C12H10N.2C11H20O2.3Ir/c1-18(2)12-23-17-27(24-14-19(3)13-20(4)15-24)28-26-11-10-22(16-25(23)26)21-8-6-5-7-9-21;1-14(2)9-17-13-21(18-11-15(3)10-16(4)12-18)22-20-8-6-5-7-19(17)20;1-16(2)14-17-8-10-18(11-9-17)20-12-13-22-21(15-20)19-6-4-3-5-7-19;1-10-7-8-12(13-9-10)11-5-3-2-4-6-11;1-10(2,3)8(12)7-9(13)11(4,5)6;1-8(2)5-10(12)7-11(13)6-9(3)4;;;/h5-11,13-14,16-18H,12H2,1-4H3;5-8,10-11,13-14H,9H2,1-4H3;3-6,8-13,15-16H,14H2,1-2H3;2-5,7-9H,1H3;7,12H,1-6H3;7-9,12H,5-6H2,1-4H3;;;/q4*-1;;;;;. The summed E-state index contributed by atoms with van der Waals surface area (Å²) in [6, 6.07) is 85.0. The van der Waals surface area contributed by atoms with Gasteiger partial charge >= 0.3 is 0 Å². The molecule has 8 nitrogen and oxygen atoms in total. The molecule has 0 amide bonds. The van der Waals surface area contributed by atoms with Crippen molar-refractivity contribution in [2.75, 3.05) is 0 Å². The van der Waals surface area contributed by atoms with E-state index in [2.05, 4.69) is 255 Å². The summed E-state index contributed by atoms with van der Waals surface area (Å²) in [5, 5.41) is 21.4. The number of carbonyl (C=O) groups excluding carboxylic acids is 2. The first-order chi connectivity index (χ1) is 52.6. The Labute approximate surface area is 723 Å². The van der Waals surface area contributed by atoms with Gasteiger partial charge in [0.05, 0.1) is 16.8 Å². The van der Waals surface area contributed by atoms with Gasteiger partial charge in [0.1, 0.15) is 5.76 Å². The number of fused-ring (bicyclic) bond motifs is 2. The van der Waals surface area contributed by atoms with Crippen molar-refractivity contribution < 1.29 is 80.1 Å². The molecule has 0 atom stereocenters. The summed E-state index contributed by atoms with van der Waals surface area (Å²) in [6.07, 6.45) is 10.8. The van der Waals surface area contributed by atoms with Gasteiger partial charge in [0.25, 0.3) is 0 Å². The molecule has 0 bridgehead atoms. The van der Waals surface area contributed by atoms with Crippen LogP contribution in [0.1, 0.15) is 168 Å². The maximum Gasteiger partial charge on any atom is 0.164 e. The average molecular weight is 2050 g/mol. The van der Waals surface area contributed by atoms with Crippen LogP contribution in [-0.2, 0) is 89.2 Å². The van der Waals surface area contributed by atoms with Gasteiger partial charge in [0.15, 0.2) is 11.6 Å². The molecule has 12 aromatic rings. The number of aliphatic hydroxyl groups excluding tert-OH is 2. The van der Waals surface area contributed by atoms with E-state index < -0.39 is 5.41 Å². The second kappa shape index (κ2) is 47.3. The number of aryl methyl sites for hydroxylation is 5. The molecule has 4 aromatic heterocycles. The van der Waals surface area contributed by atoms with Gasteiger partial charge in [-0.15, -0.1) is 142 Å². The van der Waals surface area contributed by atoms with Crippen LogP contribution < -0.4 is 0 Å². The van der Waals surface area contributed by atoms with Crippen LogP contribution in [0.15, 0.2) is 242 Å². The molecule has 0 fully saturated rings. The largest absolute Gasteiger partial charge is 0.512 e. The summed E-state index contributed by atoms with van der Waals surface area (Å²) in [4.78, 5) is 41.3. The van der Waals surface area contributed by atoms with Crippen LogP contribution in [0.25, 0.3) is 89.1 Å². The van der Waals surface area contributed by atoms with Crippen LogP contribution in [-0.4, -0.2) is 41.7 Å². The summed E-state index contributed by atoms with van der Waals surface area (Å²) in [5.41, 5.74) is 24.6. The summed E-state index contributed by atoms with van der Waals surface area (Å²) < 4.78 is 0. The summed E-state index contributed by atoms with van der Waals surface area (Å²) >= 11 is 0. The van der Waals surface area contributed by atoms with Gasteiger partial charge in [-0.3, -0.25) is 19.6 Å². The fourth-order valence-electron chi connectivity index (χ4n) is 12.4. The summed E-state index contributed by atoms with van der Waals surface area (Å²) in [6.45, 7) is 43.2. The van der Waals surface area contributed by atoms with Gasteiger partial charge in [0, 0.05) is 119 Å². The van der Waals surface area contributed by atoms with E-state index in [4.69, 9.17) is 9.97 Å². The van der Waals surface area contributed by atoms with Crippen molar-refractivity contribution in [2.24, 2.45) is 40.4 Å². The molecule has 12 rings (SSSR count). The van der Waals surface area contributed by atoms with Crippen molar-refractivity contribution in [1.29, 1.82) is 0 Å². The molecule has 11 heteroatoms. The molecule has 0 spiro atoms. The third kappa shape index (κ3) is 32.9. The van der Waals surface area contributed by atoms with Gasteiger partial charge in [-0.2, -0.15) is 0 Å². The van der Waals surface area contributed by atoms with E-state index in [9.17, 15) is 19.8 Å². The molecule has 3 radical (unpaired) electrons. The molecule has 0 saturated heterocycles. The Bertz CT molecular complexity index is 4980. The quantitative estimate of drug-likeness (QED) is 0.0494. The predicted molar refractivity (Wildman–Crippen MR) is 468 cm³/mol. The predicted octanol–water partition coefficient (Wildman–Crippen LogP) is 27.1. The first-order valence-corrected chi connectivity index (χ1v) is 39.3. The number of carbonyl (C=O) groups is 2. The van der Waals surface area contributed by atoms with Crippen LogP contribution in [0, 0.1) is 99.3 Å². The second-order valence-corrected chi connectivity index (χ2v) is 33.3. The number of rotatable bonds is 18. The number of aliphatic hydroxyl groups is 2. The first-order valence-electron chi connectivity index (χ1n) is 39.3. The van der Waals surface area contributed by atoms with Gasteiger partial charge < -0.3 is 20.2 Å². The van der Waals surface area contributed by atoms with E-state index in [0.29, 0.717) is 42.4 Å². The maximum atomic E-state index is 11.5. The van der Waals surface area contributed by atoms with Crippen LogP contribution in [0.5, 0.6) is 0 Å². The monoisotopic (exact) mass is 2050 g/mol. The molecule has 0 unspecified atom stereocenters. The zero-order valence-corrected chi connectivity index (χ0v) is 78.0. The number of hydrogen-bond donors (Lipinski definition) is 2. The van der Waals surface area contributed by atoms with Crippen molar-refractivity contribution in [3.63, 3.8) is 0 Å². The van der Waals surface area contributed by atoms with Crippen molar-refractivity contribution in [3.05, 3.63) is 311 Å². The van der Waals surface area contributed by atoms with E-state index in [1.807, 2.05) is 143 Å². The molecule has 0 aliphatic carbocycles. The molecule has 4 heterocycles. The zero-order valence-electron chi connectivity index (χ0n) is 70.9. The fourth-order valence-corrected chi connectivity index (χ4v) is 12.4. The van der Waals surface area contributed by atoms with E-state index in [1.54, 1.807) is 0 Å². The molecule has 114 heavy (non-hydrogen) atoms. The number of nitrogens with zero attached hydrogens (tertiary/aromatic N) is 4. The van der Waals surface area contributed by atoms with Crippen LogP contribution >= 0.6 is 0 Å². The number of benzene rings is 8. The smallest absolute Gasteiger partial charge is 0.164 e. The second-order valence-electron chi connectivity index (χ2n) is 33.3. The molecule has 605 valence electrons. The van der Waals surface area contributed by atoms with Gasteiger partial charge in [0.2, 0.25) is 0 Å². The Hall–Kier alpha value is -8.75. The number of pyridine rings is 4. The molecule has 0 aliphatic heterocycles. The third-order valence-electron chi connectivity index (χ3n) is 17.8. The van der Waals surface area contributed by atoms with Gasteiger partial charge in [-0.1, -0.05) is 248 Å². The van der Waals surface area contributed by atoms with Gasteiger partial charge in [-0.25, -0.2) is 0 Å². The maximum absolute atomic E-state index is 11.5. The number of allylic oxidation sites excluding steroid dienone is 4. The number of hydrogen-bond acceptors (Lipinski definition) is 8. The SMILES string of the molecule is CC(C)(C)C(=O)C=C(O)C(C)(C)C.CC(C)CC(=O)C=C(O)CC(C)C.CC(C)Cc1ccc(-c2ccnc(-c3[c-]cccc3)c2)cc1.Cc1[c-]c(-c2cc(CC(C)C)c3cc(-c4ccccc4)ccc3n2)cc(C)c1.Cc1[c-]c(-c2cc(CC(C)C)c3ccccc3n2)cc(C)c1.Cc1ccc(-c2[c-]cccc2)nc1.[Ir].[Ir].[Ir]. The minimum Gasteiger partial charge on any atom is -0.512 e. The Morgan fingerprint density at radius 1 is 0.404 bits per heavy atom. The summed E-state index contributed by atoms with van der Waals surface area (Å²) in [7, 11) is 0. The Morgan fingerprint density at radius 3 is 1.37 bits per heavy atom. The minimum absolute atomic E-state index is 0. The first kappa shape index (κ1) is 97.6. The van der Waals surface area contributed by atoms with E-state index in [0.717, 1.165) is 86.5 Å². The molecule has 2 N–H and O–H groups in total. The van der Waals surface area contributed by atoms with E-state index in [1.165, 1.54) is 78.6 Å². The number of ketones is 2. The molecule has 0 saturated carbocycles. The number of para-hydroxylation sites is 1. The van der Waals surface area contributed by atoms with Crippen LogP contribution in [0.3, 0.4) is 0 Å². The number of aromatic nitrogens is 4. The molecule has 8 aromatic carbocycles. The molecular weight excluding hydrogens is 1930 g/mol. The minimum atomic E-state index is -0.417. The Kier molecular flexibility index (Phi) is 40.5. The van der Waals surface area contributed by atoms with Crippen LogP contribution in [0.2, 0.25) is 0 Å². The van der Waals surface area contributed by atoms with Crippen molar-refractivity contribution in [3.8, 4) is 67.3 Å². The Morgan fingerprint density at radius 2 is 0.886 bits per heavy atom. The molecule has 0 aliphatic rings. The van der Waals surface area contributed by atoms with Crippen molar-refractivity contribution >= 4 is 33.4 Å². The third-order valence-corrected chi connectivity index (χ3v) is 17.8. The zero-order chi connectivity index (χ0) is 81.1. The van der Waals surface area contributed by atoms with Gasteiger partial charge in [-0.05, 0) is 147 Å². The van der Waals surface area contributed by atoms with E-state index in [-0.39, 0.29) is 88.8 Å². The fraction of sp³-hybridized carbons (Fsp3) is 0.320. The topological polar surface area (TPSA) is 126 Å². The normalized spacial score (nSPS) is 11.3.